The molecule has 0 unspecified atom stereocenters. The Morgan fingerprint density at radius 2 is 1.78 bits per heavy atom. The van der Waals surface area contributed by atoms with Gasteiger partial charge in [0.2, 0.25) is 0 Å². The van der Waals surface area contributed by atoms with E-state index in [2.05, 4.69) is 29.6 Å². The Kier molecular flexibility index (Phi) is 4.99. The summed E-state index contributed by atoms with van der Waals surface area (Å²) < 4.78 is 14.0. The number of aryl methyl sites for hydroxylation is 1. The van der Waals surface area contributed by atoms with E-state index in [0.29, 0.717) is 3.57 Å². The van der Waals surface area contributed by atoms with Crippen molar-refractivity contribution in [1.29, 1.82) is 0 Å². The van der Waals surface area contributed by atoms with Gasteiger partial charge in [-0.2, -0.15) is 0 Å². The van der Waals surface area contributed by atoms with Gasteiger partial charge in [0, 0.05) is 6.54 Å². The van der Waals surface area contributed by atoms with E-state index in [0.717, 1.165) is 25.1 Å². The minimum absolute atomic E-state index is 0.163. The monoisotopic (exact) mass is 355 g/mol. The number of benzene rings is 2. The number of nitrogens with one attached hydrogen (secondary N) is 1. The maximum atomic E-state index is 13.3. The van der Waals surface area contributed by atoms with Crippen molar-refractivity contribution in [3.63, 3.8) is 0 Å². The standard InChI is InChI=1S/C15H15FIN/c16-13-9-4-10-14(15(13)17)18-11-5-8-12-6-2-1-3-7-12/h1-4,6-7,9-10,18H,5,8,11H2. The summed E-state index contributed by atoms with van der Waals surface area (Å²) in [5.41, 5.74) is 2.22. The fourth-order valence-corrected chi connectivity index (χ4v) is 2.35. The first-order chi connectivity index (χ1) is 8.77. The highest BCUT2D eigenvalue weighted by Crippen LogP contribution is 2.20. The fourth-order valence-electron chi connectivity index (χ4n) is 1.80. The smallest absolute Gasteiger partial charge is 0.138 e. The highest BCUT2D eigenvalue weighted by Gasteiger charge is 2.03. The Bertz CT molecular complexity index is 499. The van der Waals surface area contributed by atoms with Crippen LogP contribution in [-0.4, -0.2) is 6.54 Å². The molecular formula is C15H15FIN. The molecule has 0 saturated carbocycles. The van der Waals surface area contributed by atoms with E-state index in [1.807, 2.05) is 34.7 Å². The third-order valence-corrected chi connectivity index (χ3v) is 3.85. The van der Waals surface area contributed by atoms with Gasteiger partial charge in [-0.15, -0.1) is 0 Å². The van der Waals surface area contributed by atoms with E-state index in [9.17, 15) is 4.39 Å². The number of hydrogen-bond donors (Lipinski definition) is 1. The van der Waals surface area contributed by atoms with E-state index in [4.69, 9.17) is 0 Å². The van der Waals surface area contributed by atoms with Gasteiger partial charge < -0.3 is 5.32 Å². The zero-order valence-corrected chi connectivity index (χ0v) is 12.2. The zero-order chi connectivity index (χ0) is 12.8. The van der Waals surface area contributed by atoms with Crippen LogP contribution in [0.1, 0.15) is 12.0 Å². The molecule has 0 aliphatic rings. The van der Waals surface area contributed by atoms with E-state index < -0.39 is 0 Å². The van der Waals surface area contributed by atoms with Crippen LogP contribution >= 0.6 is 22.6 Å². The minimum Gasteiger partial charge on any atom is -0.384 e. The van der Waals surface area contributed by atoms with Gasteiger partial charge in [0.05, 0.1) is 9.26 Å². The van der Waals surface area contributed by atoms with Gasteiger partial charge >= 0.3 is 0 Å². The summed E-state index contributed by atoms with van der Waals surface area (Å²) in [6.07, 6.45) is 2.08. The summed E-state index contributed by atoms with van der Waals surface area (Å²) in [5.74, 6) is -0.163. The second-order valence-electron chi connectivity index (χ2n) is 4.12. The van der Waals surface area contributed by atoms with Crippen LogP contribution in [0.3, 0.4) is 0 Å². The van der Waals surface area contributed by atoms with Crippen molar-refractivity contribution in [3.8, 4) is 0 Å². The van der Waals surface area contributed by atoms with Gasteiger partial charge in [0.1, 0.15) is 5.82 Å². The lowest BCUT2D eigenvalue weighted by Crippen LogP contribution is -2.05. The summed E-state index contributed by atoms with van der Waals surface area (Å²) in [6, 6.07) is 15.5. The zero-order valence-electron chi connectivity index (χ0n) is 10.00. The molecule has 1 N–H and O–H groups in total. The topological polar surface area (TPSA) is 12.0 Å². The highest BCUT2D eigenvalue weighted by atomic mass is 127. The molecule has 0 aliphatic heterocycles. The van der Waals surface area contributed by atoms with Crippen molar-refractivity contribution < 1.29 is 4.39 Å². The predicted molar refractivity (Wildman–Crippen MR) is 82.4 cm³/mol. The van der Waals surface area contributed by atoms with E-state index >= 15 is 0 Å². The molecule has 0 heterocycles. The van der Waals surface area contributed by atoms with Crippen LogP contribution in [0.4, 0.5) is 10.1 Å². The van der Waals surface area contributed by atoms with Crippen molar-refractivity contribution in [1.82, 2.24) is 0 Å². The highest BCUT2D eigenvalue weighted by molar-refractivity contribution is 14.1. The summed E-state index contributed by atoms with van der Waals surface area (Å²) in [5, 5.41) is 3.28. The summed E-state index contributed by atoms with van der Waals surface area (Å²) >= 11 is 2.03. The molecule has 3 heteroatoms. The summed E-state index contributed by atoms with van der Waals surface area (Å²) in [6.45, 7) is 0.856. The Labute approximate surface area is 121 Å². The number of hydrogen-bond acceptors (Lipinski definition) is 1. The lowest BCUT2D eigenvalue weighted by Gasteiger charge is -2.08. The largest absolute Gasteiger partial charge is 0.384 e. The maximum Gasteiger partial charge on any atom is 0.138 e. The molecular weight excluding hydrogens is 340 g/mol. The first-order valence-electron chi connectivity index (χ1n) is 5.99. The average molecular weight is 355 g/mol. The Morgan fingerprint density at radius 3 is 2.56 bits per heavy atom. The lowest BCUT2D eigenvalue weighted by atomic mass is 10.1. The van der Waals surface area contributed by atoms with Gasteiger partial charge in [-0.05, 0) is 53.1 Å². The molecule has 2 aromatic carbocycles. The summed E-state index contributed by atoms with van der Waals surface area (Å²) in [7, 11) is 0. The second kappa shape index (κ2) is 6.73. The first-order valence-corrected chi connectivity index (χ1v) is 7.07. The summed E-state index contributed by atoms with van der Waals surface area (Å²) in [4.78, 5) is 0. The average Bonchev–Trinajstić information content (AvgIpc) is 2.40. The molecule has 0 spiro atoms. The second-order valence-corrected chi connectivity index (χ2v) is 5.20. The van der Waals surface area contributed by atoms with Gasteiger partial charge in [0.25, 0.3) is 0 Å². The minimum atomic E-state index is -0.163. The number of halogens is 2. The van der Waals surface area contributed by atoms with Gasteiger partial charge in [-0.1, -0.05) is 36.4 Å². The lowest BCUT2D eigenvalue weighted by molar-refractivity contribution is 0.621. The van der Waals surface area contributed by atoms with Crippen LogP contribution in [0.15, 0.2) is 48.5 Å². The molecule has 0 bridgehead atoms. The molecule has 1 nitrogen and oxygen atoms in total. The Hall–Kier alpha value is -1.10. The van der Waals surface area contributed by atoms with Crippen molar-refractivity contribution in [2.24, 2.45) is 0 Å². The van der Waals surface area contributed by atoms with Crippen molar-refractivity contribution >= 4 is 28.3 Å². The molecule has 0 atom stereocenters. The quantitative estimate of drug-likeness (QED) is 0.616. The molecule has 94 valence electrons. The molecule has 0 amide bonds. The van der Waals surface area contributed by atoms with Crippen molar-refractivity contribution in [2.75, 3.05) is 11.9 Å². The molecule has 0 aliphatic carbocycles. The number of anilines is 1. The Balaban J connectivity index is 1.81. The van der Waals surface area contributed by atoms with Crippen LogP contribution in [0, 0.1) is 9.39 Å². The van der Waals surface area contributed by atoms with E-state index in [1.165, 1.54) is 11.6 Å². The van der Waals surface area contributed by atoms with Crippen LogP contribution < -0.4 is 5.32 Å². The van der Waals surface area contributed by atoms with Crippen LogP contribution in [0.25, 0.3) is 0 Å². The SMILES string of the molecule is Fc1cccc(NCCCc2ccccc2)c1I. The van der Waals surface area contributed by atoms with E-state index in [1.54, 1.807) is 6.07 Å². The third kappa shape index (κ3) is 3.70. The predicted octanol–water partition coefficient (Wildman–Crippen LogP) is 4.48. The van der Waals surface area contributed by atoms with E-state index in [-0.39, 0.29) is 5.82 Å². The molecule has 18 heavy (non-hydrogen) atoms. The van der Waals surface area contributed by atoms with Crippen LogP contribution in [0.2, 0.25) is 0 Å². The normalized spacial score (nSPS) is 10.3. The number of rotatable bonds is 5. The molecule has 0 fully saturated rings. The Morgan fingerprint density at radius 1 is 1.00 bits per heavy atom. The van der Waals surface area contributed by atoms with Gasteiger partial charge in [-0.25, -0.2) is 4.39 Å². The molecule has 2 aromatic rings. The molecule has 2 rings (SSSR count). The third-order valence-electron chi connectivity index (χ3n) is 2.75. The molecule has 0 saturated heterocycles. The van der Waals surface area contributed by atoms with Gasteiger partial charge in [-0.3, -0.25) is 0 Å². The first kappa shape index (κ1) is 13.3. The van der Waals surface area contributed by atoms with Crippen molar-refractivity contribution in [3.05, 3.63) is 63.5 Å². The fraction of sp³-hybridized carbons (Fsp3) is 0.200. The van der Waals surface area contributed by atoms with Crippen molar-refractivity contribution in [2.45, 2.75) is 12.8 Å². The maximum absolute atomic E-state index is 13.3. The van der Waals surface area contributed by atoms with Crippen LogP contribution in [-0.2, 0) is 6.42 Å². The molecule has 0 aromatic heterocycles. The van der Waals surface area contributed by atoms with Crippen LogP contribution in [0.5, 0.6) is 0 Å². The molecule has 0 radical (unpaired) electrons. The van der Waals surface area contributed by atoms with Gasteiger partial charge in [0.15, 0.2) is 0 Å².